The number of rotatable bonds is 4. The number of nitro benzene ring substituents is 1. The van der Waals surface area contributed by atoms with Crippen LogP contribution in [-0.2, 0) is 9.59 Å². The van der Waals surface area contributed by atoms with Crippen molar-refractivity contribution in [3.05, 3.63) is 62.6 Å². The van der Waals surface area contributed by atoms with Gasteiger partial charge in [-0.05, 0) is 12.5 Å². The number of carboxylic acids is 2. The van der Waals surface area contributed by atoms with Crippen molar-refractivity contribution in [3.8, 4) is 0 Å². The summed E-state index contributed by atoms with van der Waals surface area (Å²) in [5.74, 6) is -4.15. The zero-order valence-corrected chi connectivity index (χ0v) is 11.9. The molecule has 9 nitrogen and oxygen atoms in total. The minimum atomic E-state index is -1.40. The van der Waals surface area contributed by atoms with Crippen LogP contribution in [0.25, 0.3) is 0 Å². The number of nitro groups is 1. The van der Waals surface area contributed by atoms with Crippen LogP contribution in [0.4, 0.5) is 5.69 Å². The van der Waals surface area contributed by atoms with Crippen LogP contribution < -0.4 is 11.1 Å². The predicted octanol–water partition coefficient (Wildman–Crippen LogP) is 0.895. The number of nitrogens with two attached hydrogens (primary N) is 1. The van der Waals surface area contributed by atoms with Gasteiger partial charge in [-0.3, -0.25) is 10.1 Å². The van der Waals surface area contributed by atoms with Gasteiger partial charge in [-0.1, -0.05) is 12.1 Å². The van der Waals surface area contributed by atoms with E-state index < -0.39 is 22.8 Å². The van der Waals surface area contributed by atoms with Gasteiger partial charge in [0.2, 0.25) is 0 Å². The number of non-ortho nitro benzene ring substituents is 1. The third-order valence-corrected chi connectivity index (χ3v) is 3.47. The van der Waals surface area contributed by atoms with Gasteiger partial charge in [0.1, 0.15) is 5.82 Å². The smallest absolute Gasteiger partial charge is 0.336 e. The topological polar surface area (TPSA) is 156 Å². The Bertz CT molecular complexity index is 744. The molecular formula is C14H13N3O6. The Hall–Kier alpha value is -3.36. The molecule has 0 aliphatic carbocycles. The number of hydrogen-bond donors (Lipinski definition) is 4. The molecule has 1 aliphatic heterocycles. The van der Waals surface area contributed by atoms with Gasteiger partial charge in [-0.15, -0.1) is 0 Å². The monoisotopic (exact) mass is 319 g/mol. The number of benzene rings is 1. The van der Waals surface area contributed by atoms with Gasteiger partial charge in [-0.2, -0.15) is 0 Å². The molecule has 1 atom stereocenters. The lowest BCUT2D eigenvalue weighted by molar-refractivity contribution is -0.384. The summed E-state index contributed by atoms with van der Waals surface area (Å²) >= 11 is 0. The molecule has 9 heteroatoms. The molecule has 0 radical (unpaired) electrons. The van der Waals surface area contributed by atoms with E-state index in [-0.39, 0.29) is 33.9 Å². The highest BCUT2D eigenvalue weighted by Crippen LogP contribution is 2.38. The Balaban J connectivity index is 2.72. The van der Waals surface area contributed by atoms with Crippen molar-refractivity contribution >= 4 is 17.6 Å². The highest BCUT2D eigenvalue weighted by molar-refractivity contribution is 5.98. The number of allylic oxidation sites excluding steroid dienone is 1. The fourth-order valence-electron chi connectivity index (χ4n) is 2.53. The summed E-state index contributed by atoms with van der Waals surface area (Å²) in [6.07, 6.45) is 0. The van der Waals surface area contributed by atoms with Crippen LogP contribution >= 0.6 is 0 Å². The van der Waals surface area contributed by atoms with E-state index in [0.717, 1.165) is 6.07 Å². The molecule has 0 fully saturated rings. The third-order valence-electron chi connectivity index (χ3n) is 3.47. The fourth-order valence-corrected chi connectivity index (χ4v) is 2.53. The summed E-state index contributed by atoms with van der Waals surface area (Å²) in [6.45, 7) is 1.44. The minimum Gasteiger partial charge on any atom is -0.478 e. The molecule has 0 saturated carbocycles. The average molecular weight is 319 g/mol. The van der Waals surface area contributed by atoms with Crippen LogP contribution in [0.5, 0.6) is 0 Å². The SMILES string of the molecule is CC1=C(C(=O)O)[C@@H](c2cccc([N+](=O)[O-])c2)C(C(=O)O)=C(N)N1. The number of nitrogens with one attached hydrogen (secondary N) is 1. The molecule has 1 aliphatic rings. The van der Waals surface area contributed by atoms with Gasteiger partial charge in [0.05, 0.1) is 22.0 Å². The van der Waals surface area contributed by atoms with Gasteiger partial charge in [-0.25, -0.2) is 9.59 Å². The molecule has 0 aromatic heterocycles. The summed E-state index contributed by atoms with van der Waals surface area (Å²) in [6, 6.07) is 5.16. The lowest BCUT2D eigenvalue weighted by atomic mass is 9.81. The van der Waals surface area contributed by atoms with Gasteiger partial charge >= 0.3 is 11.9 Å². The van der Waals surface area contributed by atoms with Gasteiger partial charge in [0.25, 0.3) is 5.69 Å². The molecule has 1 aromatic carbocycles. The summed E-state index contributed by atoms with van der Waals surface area (Å²) in [7, 11) is 0. The maximum atomic E-state index is 11.6. The standard InChI is InChI=1S/C14H13N3O6/c1-6-9(13(18)19)10(11(14(20)21)12(15)16-6)7-3-2-4-8(5-7)17(22)23/h2-5,10,16H,15H2,1H3,(H,18,19)(H,20,21)/t10-/m1/s1. The van der Waals surface area contributed by atoms with Crippen molar-refractivity contribution in [2.45, 2.75) is 12.8 Å². The first-order valence-corrected chi connectivity index (χ1v) is 6.42. The molecule has 0 amide bonds. The molecule has 1 heterocycles. The molecule has 0 spiro atoms. The van der Waals surface area contributed by atoms with Crippen molar-refractivity contribution < 1.29 is 24.7 Å². The first-order chi connectivity index (χ1) is 10.7. The maximum absolute atomic E-state index is 11.6. The van der Waals surface area contributed by atoms with E-state index >= 15 is 0 Å². The molecule has 1 aromatic rings. The van der Waals surface area contributed by atoms with E-state index in [1.165, 1.54) is 25.1 Å². The highest BCUT2D eigenvalue weighted by atomic mass is 16.6. The second kappa shape index (κ2) is 5.79. The molecule has 2 rings (SSSR count). The molecule has 120 valence electrons. The van der Waals surface area contributed by atoms with E-state index in [2.05, 4.69) is 5.32 Å². The fraction of sp³-hybridized carbons (Fsp3) is 0.143. The predicted molar refractivity (Wildman–Crippen MR) is 78.2 cm³/mol. The van der Waals surface area contributed by atoms with Gasteiger partial charge < -0.3 is 21.3 Å². The molecule has 0 saturated heterocycles. The Kier molecular flexibility index (Phi) is 4.04. The van der Waals surface area contributed by atoms with Crippen LogP contribution in [0, 0.1) is 10.1 Å². The number of dihydropyridines is 1. The molecule has 23 heavy (non-hydrogen) atoms. The number of carboxylic acid groups (broad SMARTS) is 2. The largest absolute Gasteiger partial charge is 0.478 e. The summed E-state index contributed by atoms with van der Waals surface area (Å²) in [4.78, 5) is 33.3. The van der Waals surface area contributed by atoms with E-state index in [1.54, 1.807) is 0 Å². The normalized spacial score (nSPS) is 17.7. The molecule has 0 unspecified atom stereocenters. The number of aliphatic carboxylic acids is 2. The van der Waals surface area contributed by atoms with Crippen LogP contribution in [0.1, 0.15) is 18.4 Å². The Morgan fingerprint density at radius 3 is 2.39 bits per heavy atom. The van der Waals surface area contributed by atoms with Crippen LogP contribution in [0.3, 0.4) is 0 Å². The van der Waals surface area contributed by atoms with Gasteiger partial charge in [0, 0.05) is 17.8 Å². The Morgan fingerprint density at radius 1 is 1.26 bits per heavy atom. The van der Waals surface area contributed by atoms with Gasteiger partial charge in [0.15, 0.2) is 0 Å². The second-order valence-electron chi connectivity index (χ2n) is 4.89. The first kappa shape index (κ1) is 16.0. The molecule has 0 bridgehead atoms. The van der Waals surface area contributed by atoms with Crippen molar-refractivity contribution in [1.82, 2.24) is 5.32 Å². The van der Waals surface area contributed by atoms with Crippen molar-refractivity contribution in [1.29, 1.82) is 0 Å². The summed E-state index contributed by atoms with van der Waals surface area (Å²) in [5.41, 5.74) is 5.16. The van der Waals surface area contributed by atoms with Crippen LogP contribution in [0.15, 0.2) is 46.9 Å². The zero-order chi connectivity index (χ0) is 17.3. The van der Waals surface area contributed by atoms with E-state index in [0.29, 0.717) is 0 Å². The van der Waals surface area contributed by atoms with Crippen molar-refractivity contribution in [2.75, 3.05) is 0 Å². The van der Waals surface area contributed by atoms with Crippen LogP contribution in [-0.4, -0.2) is 27.1 Å². The Morgan fingerprint density at radius 2 is 1.87 bits per heavy atom. The number of hydrogen-bond acceptors (Lipinski definition) is 6. The summed E-state index contributed by atoms with van der Waals surface area (Å²) < 4.78 is 0. The average Bonchev–Trinajstić information content (AvgIpc) is 2.45. The third kappa shape index (κ3) is 2.84. The van der Waals surface area contributed by atoms with Crippen molar-refractivity contribution in [3.63, 3.8) is 0 Å². The summed E-state index contributed by atoms with van der Waals surface area (Å²) in [5, 5.41) is 32.2. The van der Waals surface area contributed by atoms with E-state index in [9.17, 15) is 29.9 Å². The van der Waals surface area contributed by atoms with Crippen LogP contribution in [0.2, 0.25) is 0 Å². The van der Waals surface area contributed by atoms with E-state index in [4.69, 9.17) is 5.73 Å². The van der Waals surface area contributed by atoms with E-state index in [1.807, 2.05) is 0 Å². The maximum Gasteiger partial charge on any atom is 0.336 e. The van der Waals surface area contributed by atoms with Crippen molar-refractivity contribution in [2.24, 2.45) is 5.73 Å². The number of carbonyl (C=O) groups is 2. The minimum absolute atomic E-state index is 0.165. The quantitative estimate of drug-likeness (QED) is 0.471. The highest BCUT2D eigenvalue weighted by Gasteiger charge is 2.37. The second-order valence-corrected chi connectivity index (χ2v) is 4.89. The Labute approximate surface area is 129 Å². The molecule has 5 N–H and O–H groups in total. The lowest BCUT2D eigenvalue weighted by Crippen LogP contribution is -2.35. The first-order valence-electron chi connectivity index (χ1n) is 6.42. The zero-order valence-electron chi connectivity index (χ0n) is 11.9. The molecular weight excluding hydrogens is 306 g/mol. The number of nitrogens with zero attached hydrogens (tertiary/aromatic N) is 1. The lowest BCUT2D eigenvalue weighted by Gasteiger charge is -2.28.